The van der Waals surface area contributed by atoms with Crippen LogP contribution in [-0.2, 0) is 6.42 Å². The highest BCUT2D eigenvalue weighted by Crippen LogP contribution is 2.25. The Labute approximate surface area is 118 Å². The second-order valence-corrected chi connectivity index (χ2v) is 6.01. The number of halogens is 1. The fourth-order valence-electron chi connectivity index (χ4n) is 2.98. The number of aromatic nitrogens is 2. The number of benzene rings is 1. The van der Waals surface area contributed by atoms with Crippen LogP contribution in [0.4, 0.5) is 0 Å². The maximum absolute atomic E-state index is 6.16. The minimum absolute atomic E-state index is 0.645. The van der Waals surface area contributed by atoms with Gasteiger partial charge in [-0.15, -0.1) is 0 Å². The van der Waals surface area contributed by atoms with Crippen LogP contribution in [0.15, 0.2) is 18.2 Å². The lowest BCUT2D eigenvalue weighted by atomic mass is 9.85. The number of imidazole rings is 1. The highest BCUT2D eigenvalue weighted by atomic mass is 35.5. The third kappa shape index (κ3) is 2.77. The molecule has 2 heterocycles. The lowest BCUT2D eigenvalue weighted by Gasteiger charge is -2.27. The molecule has 1 aliphatic heterocycles. The third-order valence-corrected chi connectivity index (χ3v) is 4.47. The van der Waals surface area contributed by atoms with E-state index in [9.17, 15) is 0 Å². The summed E-state index contributed by atoms with van der Waals surface area (Å²) in [6, 6.07) is 5.88. The van der Waals surface area contributed by atoms with Gasteiger partial charge in [0.25, 0.3) is 0 Å². The second kappa shape index (κ2) is 5.51. The zero-order valence-electron chi connectivity index (χ0n) is 11.2. The predicted molar refractivity (Wildman–Crippen MR) is 79.6 cm³/mol. The first-order chi connectivity index (χ1) is 9.24. The van der Waals surface area contributed by atoms with Gasteiger partial charge in [-0.05, 0) is 49.9 Å². The SMILES string of the molecule is CC(Cc1nc2c(Cl)cccc2[nH]1)C1CCCNC1. The minimum atomic E-state index is 0.645. The van der Waals surface area contributed by atoms with Crippen LogP contribution in [0.2, 0.25) is 5.02 Å². The molecule has 2 unspecified atom stereocenters. The van der Waals surface area contributed by atoms with E-state index in [4.69, 9.17) is 11.6 Å². The Morgan fingerprint density at radius 1 is 1.47 bits per heavy atom. The van der Waals surface area contributed by atoms with Crippen molar-refractivity contribution in [2.45, 2.75) is 26.2 Å². The van der Waals surface area contributed by atoms with E-state index in [1.807, 2.05) is 18.2 Å². The average Bonchev–Trinajstić information content (AvgIpc) is 2.84. The van der Waals surface area contributed by atoms with Gasteiger partial charge in [0.2, 0.25) is 0 Å². The molecule has 3 rings (SSSR count). The highest BCUT2D eigenvalue weighted by Gasteiger charge is 2.21. The molecule has 0 bridgehead atoms. The molecule has 1 aliphatic rings. The van der Waals surface area contributed by atoms with E-state index in [0.29, 0.717) is 5.92 Å². The van der Waals surface area contributed by atoms with Crippen LogP contribution in [-0.4, -0.2) is 23.1 Å². The number of para-hydroxylation sites is 1. The summed E-state index contributed by atoms with van der Waals surface area (Å²) in [7, 11) is 0. The Morgan fingerprint density at radius 2 is 2.37 bits per heavy atom. The van der Waals surface area contributed by atoms with Crippen LogP contribution in [0, 0.1) is 11.8 Å². The Kier molecular flexibility index (Phi) is 3.76. The molecule has 0 aliphatic carbocycles. The second-order valence-electron chi connectivity index (χ2n) is 5.61. The van der Waals surface area contributed by atoms with Crippen LogP contribution in [0.5, 0.6) is 0 Å². The molecule has 2 aromatic rings. The van der Waals surface area contributed by atoms with Crippen molar-refractivity contribution in [2.75, 3.05) is 13.1 Å². The van der Waals surface area contributed by atoms with Gasteiger partial charge >= 0.3 is 0 Å². The van der Waals surface area contributed by atoms with E-state index in [-0.39, 0.29) is 0 Å². The van der Waals surface area contributed by atoms with Crippen LogP contribution >= 0.6 is 11.6 Å². The third-order valence-electron chi connectivity index (χ3n) is 4.17. The van der Waals surface area contributed by atoms with Gasteiger partial charge in [0.15, 0.2) is 0 Å². The molecule has 0 radical (unpaired) electrons. The molecule has 0 saturated carbocycles. The lowest BCUT2D eigenvalue weighted by Crippen LogP contribution is -2.34. The van der Waals surface area contributed by atoms with Gasteiger partial charge in [-0.1, -0.05) is 24.6 Å². The molecule has 19 heavy (non-hydrogen) atoms. The topological polar surface area (TPSA) is 40.7 Å². The van der Waals surface area contributed by atoms with Gasteiger partial charge in [0.1, 0.15) is 11.3 Å². The molecular formula is C15H20ClN3. The molecule has 102 valence electrons. The van der Waals surface area contributed by atoms with E-state index < -0.39 is 0 Å². The van der Waals surface area contributed by atoms with Crippen molar-refractivity contribution in [1.82, 2.24) is 15.3 Å². The van der Waals surface area contributed by atoms with Crippen LogP contribution in [0.3, 0.4) is 0 Å². The molecule has 4 heteroatoms. The largest absolute Gasteiger partial charge is 0.342 e. The van der Waals surface area contributed by atoms with Crippen molar-refractivity contribution >= 4 is 22.6 Å². The summed E-state index contributed by atoms with van der Waals surface area (Å²) in [4.78, 5) is 8.03. The predicted octanol–water partition coefficient (Wildman–Crippen LogP) is 3.39. The Hall–Kier alpha value is -1.06. The quantitative estimate of drug-likeness (QED) is 0.903. The first-order valence-electron chi connectivity index (χ1n) is 7.08. The number of nitrogens with one attached hydrogen (secondary N) is 2. The Balaban J connectivity index is 1.75. The van der Waals surface area contributed by atoms with Crippen molar-refractivity contribution < 1.29 is 0 Å². The summed E-state index contributed by atoms with van der Waals surface area (Å²) in [5, 5.41) is 4.21. The van der Waals surface area contributed by atoms with Crippen molar-refractivity contribution in [1.29, 1.82) is 0 Å². The zero-order valence-corrected chi connectivity index (χ0v) is 12.0. The first-order valence-corrected chi connectivity index (χ1v) is 7.45. The number of H-pyrrole nitrogens is 1. The number of hydrogen-bond donors (Lipinski definition) is 2. The maximum Gasteiger partial charge on any atom is 0.107 e. The lowest BCUT2D eigenvalue weighted by molar-refractivity contribution is 0.276. The van der Waals surface area contributed by atoms with E-state index in [2.05, 4.69) is 22.2 Å². The van der Waals surface area contributed by atoms with Gasteiger partial charge in [-0.2, -0.15) is 0 Å². The average molecular weight is 278 g/mol. The number of aromatic amines is 1. The van der Waals surface area contributed by atoms with Gasteiger partial charge in [0, 0.05) is 6.42 Å². The minimum Gasteiger partial charge on any atom is -0.342 e. The summed E-state index contributed by atoms with van der Waals surface area (Å²) in [5.41, 5.74) is 1.93. The highest BCUT2D eigenvalue weighted by molar-refractivity contribution is 6.34. The van der Waals surface area contributed by atoms with Crippen LogP contribution in [0.25, 0.3) is 11.0 Å². The van der Waals surface area contributed by atoms with E-state index in [0.717, 1.165) is 40.8 Å². The van der Waals surface area contributed by atoms with Crippen molar-refractivity contribution in [3.63, 3.8) is 0 Å². The van der Waals surface area contributed by atoms with Crippen LogP contribution in [0.1, 0.15) is 25.6 Å². The van der Waals surface area contributed by atoms with Crippen molar-refractivity contribution in [3.05, 3.63) is 29.0 Å². The molecular weight excluding hydrogens is 258 g/mol. The van der Waals surface area contributed by atoms with E-state index >= 15 is 0 Å². The fourth-order valence-corrected chi connectivity index (χ4v) is 3.20. The molecule has 1 aromatic heterocycles. The van der Waals surface area contributed by atoms with Gasteiger partial charge < -0.3 is 10.3 Å². The van der Waals surface area contributed by atoms with Crippen LogP contribution < -0.4 is 5.32 Å². The summed E-state index contributed by atoms with van der Waals surface area (Å²) in [6.07, 6.45) is 3.62. The van der Waals surface area contributed by atoms with Gasteiger partial charge in [-0.25, -0.2) is 4.98 Å². The van der Waals surface area contributed by atoms with Gasteiger partial charge in [0.05, 0.1) is 10.5 Å². The van der Waals surface area contributed by atoms with Crippen molar-refractivity contribution in [2.24, 2.45) is 11.8 Å². The summed E-state index contributed by atoms with van der Waals surface area (Å²) < 4.78 is 0. The first kappa shape index (κ1) is 12.9. The van der Waals surface area contributed by atoms with Gasteiger partial charge in [-0.3, -0.25) is 0 Å². The Morgan fingerprint density at radius 3 is 3.11 bits per heavy atom. The monoisotopic (exact) mass is 277 g/mol. The molecule has 3 nitrogen and oxygen atoms in total. The van der Waals surface area contributed by atoms with Crippen molar-refractivity contribution in [3.8, 4) is 0 Å². The molecule has 2 atom stereocenters. The number of piperidine rings is 1. The molecule has 1 saturated heterocycles. The van der Waals surface area contributed by atoms with E-state index in [1.54, 1.807) is 0 Å². The summed E-state index contributed by atoms with van der Waals surface area (Å²) in [6.45, 7) is 4.64. The number of rotatable bonds is 3. The fraction of sp³-hybridized carbons (Fsp3) is 0.533. The smallest absolute Gasteiger partial charge is 0.107 e. The summed E-state index contributed by atoms with van der Waals surface area (Å²) in [5.74, 6) is 2.46. The molecule has 1 aromatic carbocycles. The number of fused-ring (bicyclic) bond motifs is 1. The standard InChI is InChI=1S/C15H20ClN3/c1-10(11-4-3-7-17-9-11)8-14-18-13-6-2-5-12(16)15(13)19-14/h2,5-6,10-11,17H,3-4,7-9H2,1H3,(H,18,19). The molecule has 0 amide bonds. The Bertz CT molecular complexity index is 558. The van der Waals surface area contributed by atoms with E-state index in [1.165, 1.54) is 19.4 Å². The summed E-state index contributed by atoms with van der Waals surface area (Å²) >= 11 is 6.16. The number of hydrogen-bond acceptors (Lipinski definition) is 2. The normalized spacial score (nSPS) is 21.7. The molecule has 0 spiro atoms. The molecule has 1 fully saturated rings. The zero-order chi connectivity index (χ0) is 13.2. The number of nitrogens with zero attached hydrogens (tertiary/aromatic N) is 1. The maximum atomic E-state index is 6.16. The molecule has 2 N–H and O–H groups in total.